The summed E-state index contributed by atoms with van der Waals surface area (Å²) >= 11 is 5.70. The van der Waals surface area contributed by atoms with Gasteiger partial charge in [0.25, 0.3) is 5.91 Å². The highest BCUT2D eigenvalue weighted by Gasteiger charge is 2.26. The Morgan fingerprint density at radius 3 is 3.05 bits per heavy atom. The summed E-state index contributed by atoms with van der Waals surface area (Å²) in [5, 5.41) is 6.38. The Balaban J connectivity index is 1.77. The van der Waals surface area contributed by atoms with E-state index >= 15 is 0 Å². The summed E-state index contributed by atoms with van der Waals surface area (Å²) in [6.45, 7) is 0.924. The van der Waals surface area contributed by atoms with E-state index in [9.17, 15) is 4.79 Å². The molecule has 0 spiro atoms. The van der Waals surface area contributed by atoms with Gasteiger partial charge in [-0.2, -0.15) is 0 Å². The van der Waals surface area contributed by atoms with Crippen molar-refractivity contribution in [3.8, 4) is 0 Å². The highest BCUT2D eigenvalue weighted by atomic mass is 35.5. The van der Waals surface area contributed by atoms with Crippen LogP contribution in [0.2, 0.25) is 5.15 Å². The van der Waals surface area contributed by atoms with Crippen LogP contribution in [0.25, 0.3) is 0 Å². The largest absolute Gasteiger partial charge is 0.446 e. The molecule has 1 saturated heterocycles. The topological polar surface area (TPSA) is 80.1 Å². The minimum atomic E-state index is -0.313. The van der Waals surface area contributed by atoms with Gasteiger partial charge in [0.15, 0.2) is 17.8 Å². The number of aromatic nitrogens is 2. The van der Waals surface area contributed by atoms with Crippen LogP contribution in [0.15, 0.2) is 29.1 Å². The molecule has 1 aliphatic rings. The number of anilines is 1. The van der Waals surface area contributed by atoms with Crippen molar-refractivity contribution in [2.75, 3.05) is 11.9 Å². The molecule has 0 saturated carbocycles. The van der Waals surface area contributed by atoms with Crippen LogP contribution in [0.3, 0.4) is 0 Å². The first-order valence-electron chi connectivity index (χ1n) is 6.34. The smallest absolute Gasteiger partial charge is 0.278 e. The molecule has 1 unspecified atom stereocenters. The third-order valence-corrected chi connectivity index (χ3v) is 3.40. The van der Waals surface area contributed by atoms with Crippen LogP contribution in [0.5, 0.6) is 0 Å². The molecule has 7 heteroatoms. The number of hydrogen-bond donors (Lipinski definition) is 2. The van der Waals surface area contributed by atoms with Crippen molar-refractivity contribution in [2.24, 2.45) is 0 Å². The van der Waals surface area contributed by atoms with Gasteiger partial charge in [-0.15, -0.1) is 0 Å². The maximum Gasteiger partial charge on any atom is 0.278 e. The van der Waals surface area contributed by atoms with Crippen LogP contribution in [-0.4, -0.2) is 22.4 Å². The van der Waals surface area contributed by atoms with Gasteiger partial charge in [0.2, 0.25) is 0 Å². The highest BCUT2D eigenvalue weighted by Crippen LogP contribution is 2.26. The van der Waals surface area contributed by atoms with Gasteiger partial charge < -0.3 is 15.1 Å². The number of oxazole rings is 1. The van der Waals surface area contributed by atoms with Crippen molar-refractivity contribution < 1.29 is 9.21 Å². The Kier molecular flexibility index (Phi) is 3.66. The molecule has 2 N–H and O–H groups in total. The summed E-state index contributed by atoms with van der Waals surface area (Å²) in [6.07, 6.45) is 4.80. The lowest BCUT2D eigenvalue weighted by Crippen LogP contribution is -2.19. The first kappa shape index (κ1) is 13.1. The van der Waals surface area contributed by atoms with Crippen molar-refractivity contribution in [1.82, 2.24) is 15.3 Å². The Labute approximate surface area is 120 Å². The zero-order valence-electron chi connectivity index (χ0n) is 10.6. The number of nitrogens with zero attached hydrogens (tertiary/aromatic N) is 2. The lowest BCUT2D eigenvalue weighted by Gasteiger charge is -2.08. The minimum absolute atomic E-state index is 0.0570. The second-order valence-electron chi connectivity index (χ2n) is 4.54. The van der Waals surface area contributed by atoms with E-state index < -0.39 is 0 Å². The van der Waals surface area contributed by atoms with Crippen molar-refractivity contribution in [3.63, 3.8) is 0 Å². The second-order valence-corrected chi connectivity index (χ2v) is 4.93. The van der Waals surface area contributed by atoms with Crippen LogP contribution in [0.1, 0.15) is 35.1 Å². The van der Waals surface area contributed by atoms with E-state index in [0.29, 0.717) is 22.3 Å². The van der Waals surface area contributed by atoms with Crippen molar-refractivity contribution in [3.05, 3.63) is 41.3 Å². The molecule has 20 heavy (non-hydrogen) atoms. The van der Waals surface area contributed by atoms with E-state index in [0.717, 1.165) is 19.4 Å². The van der Waals surface area contributed by atoms with E-state index in [1.165, 1.54) is 12.6 Å². The summed E-state index contributed by atoms with van der Waals surface area (Å²) in [7, 11) is 0. The molecule has 2 aromatic rings. The predicted molar refractivity (Wildman–Crippen MR) is 73.7 cm³/mol. The minimum Gasteiger partial charge on any atom is -0.446 e. The molecule has 1 amide bonds. The molecule has 0 bridgehead atoms. The predicted octanol–water partition coefficient (Wildman–Crippen LogP) is 2.40. The molecule has 1 atom stereocenters. The average Bonchev–Trinajstić information content (AvgIpc) is 3.11. The van der Waals surface area contributed by atoms with Gasteiger partial charge in [0, 0.05) is 0 Å². The first-order valence-corrected chi connectivity index (χ1v) is 6.71. The molecular formula is C13H13ClN4O2. The molecule has 3 rings (SSSR count). The van der Waals surface area contributed by atoms with Crippen LogP contribution < -0.4 is 10.6 Å². The number of rotatable bonds is 3. The van der Waals surface area contributed by atoms with Gasteiger partial charge in [-0.1, -0.05) is 11.6 Å². The molecule has 0 aromatic carbocycles. The number of pyridine rings is 1. The van der Waals surface area contributed by atoms with Crippen LogP contribution >= 0.6 is 11.6 Å². The molecule has 2 aromatic heterocycles. The molecule has 104 valence electrons. The number of nitrogens with one attached hydrogen (secondary N) is 2. The summed E-state index contributed by atoms with van der Waals surface area (Å²) in [4.78, 5) is 20.1. The fourth-order valence-corrected chi connectivity index (χ4v) is 2.33. The normalized spacial score (nSPS) is 18.1. The quantitative estimate of drug-likeness (QED) is 0.849. The first-order chi connectivity index (χ1) is 9.74. The summed E-state index contributed by atoms with van der Waals surface area (Å²) in [5.41, 5.74) is 0.868. The molecular weight excluding hydrogens is 280 g/mol. The number of hydrogen-bond acceptors (Lipinski definition) is 5. The van der Waals surface area contributed by atoms with Gasteiger partial charge in [-0.3, -0.25) is 4.79 Å². The van der Waals surface area contributed by atoms with E-state index in [-0.39, 0.29) is 11.9 Å². The van der Waals surface area contributed by atoms with Crippen molar-refractivity contribution >= 4 is 23.2 Å². The number of carbonyl (C=O) groups is 1. The Hall–Kier alpha value is -1.92. The van der Waals surface area contributed by atoms with Crippen LogP contribution in [-0.2, 0) is 0 Å². The van der Waals surface area contributed by atoms with Crippen LogP contribution in [0, 0.1) is 0 Å². The second kappa shape index (κ2) is 5.60. The Morgan fingerprint density at radius 2 is 2.35 bits per heavy atom. The summed E-state index contributed by atoms with van der Waals surface area (Å²) in [6, 6.07) is 3.35. The van der Waals surface area contributed by atoms with Gasteiger partial charge in [-0.05, 0) is 31.5 Å². The average molecular weight is 293 g/mol. The number of halogens is 1. The highest BCUT2D eigenvalue weighted by molar-refractivity contribution is 6.29. The Bertz CT molecular complexity index is 605. The molecule has 3 heterocycles. The molecule has 1 aliphatic heterocycles. The summed E-state index contributed by atoms with van der Waals surface area (Å²) in [5.74, 6) is 0.272. The molecule has 6 nitrogen and oxygen atoms in total. The standard InChI is InChI=1S/C13H13ClN4O2/c14-10-4-3-8(6-16-10)18-13(19)11-12(20-7-17-11)9-2-1-5-15-9/h3-4,6-7,9,15H,1-2,5H2,(H,18,19). The zero-order valence-corrected chi connectivity index (χ0v) is 11.4. The number of amides is 1. The van der Waals surface area contributed by atoms with Crippen molar-refractivity contribution in [1.29, 1.82) is 0 Å². The van der Waals surface area contributed by atoms with Gasteiger partial charge >= 0.3 is 0 Å². The zero-order chi connectivity index (χ0) is 13.9. The van der Waals surface area contributed by atoms with E-state index in [1.54, 1.807) is 12.1 Å². The lowest BCUT2D eigenvalue weighted by molar-refractivity contribution is 0.102. The monoisotopic (exact) mass is 292 g/mol. The maximum atomic E-state index is 12.2. The third kappa shape index (κ3) is 2.66. The molecule has 0 aliphatic carbocycles. The van der Waals surface area contributed by atoms with E-state index in [4.69, 9.17) is 16.0 Å². The molecule has 0 radical (unpaired) electrons. The number of carbonyl (C=O) groups excluding carboxylic acids is 1. The fraction of sp³-hybridized carbons (Fsp3) is 0.308. The van der Waals surface area contributed by atoms with E-state index in [1.807, 2.05) is 0 Å². The lowest BCUT2D eigenvalue weighted by atomic mass is 10.1. The summed E-state index contributed by atoms with van der Waals surface area (Å²) < 4.78 is 5.36. The molecule has 1 fully saturated rings. The fourth-order valence-electron chi connectivity index (χ4n) is 2.22. The van der Waals surface area contributed by atoms with Crippen LogP contribution in [0.4, 0.5) is 5.69 Å². The third-order valence-electron chi connectivity index (χ3n) is 3.17. The SMILES string of the molecule is O=C(Nc1ccc(Cl)nc1)c1ncoc1C1CCCN1. The van der Waals surface area contributed by atoms with Crippen molar-refractivity contribution in [2.45, 2.75) is 18.9 Å². The van der Waals surface area contributed by atoms with Gasteiger partial charge in [0.1, 0.15) is 5.15 Å². The maximum absolute atomic E-state index is 12.2. The Morgan fingerprint density at radius 1 is 1.45 bits per heavy atom. The van der Waals surface area contributed by atoms with E-state index in [2.05, 4.69) is 20.6 Å². The van der Waals surface area contributed by atoms with Gasteiger partial charge in [-0.25, -0.2) is 9.97 Å². The van der Waals surface area contributed by atoms with Gasteiger partial charge in [0.05, 0.1) is 17.9 Å².